The molecule has 0 aliphatic carbocycles. The molecule has 0 bridgehead atoms. The number of ether oxygens (including phenoxy) is 1. The number of rotatable bonds is 7. The van der Waals surface area contributed by atoms with Gasteiger partial charge in [-0.25, -0.2) is 0 Å². The van der Waals surface area contributed by atoms with Gasteiger partial charge in [-0.3, -0.25) is 14.9 Å². The molecule has 6 heteroatoms. The van der Waals surface area contributed by atoms with Crippen LogP contribution in [0.2, 0.25) is 0 Å². The standard InChI is InChI=1S/C13H18N2O4/c1-3-19-13(16)8-5-9-14-11-6-4-7-12(10(11)2)15(17)18/h4,6-7,14H,3,5,8-9H2,1-2H3. The van der Waals surface area contributed by atoms with E-state index in [1.807, 2.05) is 0 Å². The van der Waals surface area contributed by atoms with Crippen LogP contribution < -0.4 is 5.32 Å². The van der Waals surface area contributed by atoms with Crippen molar-refractivity contribution in [1.82, 2.24) is 0 Å². The van der Waals surface area contributed by atoms with Gasteiger partial charge in [-0.2, -0.15) is 0 Å². The molecule has 0 saturated heterocycles. The van der Waals surface area contributed by atoms with E-state index in [0.717, 1.165) is 5.69 Å². The zero-order chi connectivity index (χ0) is 14.3. The van der Waals surface area contributed by atoms with Crippen molar-refractivity contribution in [2.75, 3.05) is 18.5 Å². The van der Waals surface area contributed by atoms with Gasteiger partial charge < -0.3 is 10.1 Å². The maximum Gasteiger partial charge on any atom is 0.305 e. The lowest BCUT2D eigenvalue weighted by atomic mass is 10.1. The van der Waals surface area contributed by atoms with Gasteiger partial charge >= 0.3 is 5.97 Å². The molecule has 1 rings (SSSR count). The molecule has 1 aromatic rings. The summed E-state index contributed by atoms with van der Waals surface area (Å²) in [7, 11) is 0. The number of nitrogens with one attached hydrogen (secondary N) is 1. The Morgan fingerprint density at radius 2 is 2.21 bits per heavy atom. The molecule has 6 nitrogen and oxygen atoms in total. The van der Waals surface area contributed by atoms with Gasteiger partial charge in [-0.15, -0.1) is 0 Å². The summed E-state index contributed by atoms with van der Waals surface area (Å²) < 4.78 is 4.81. The maximum atomic E-state index is 11.1. The maximum absolute atomic E-state index is 11.1. The first-order valence-corrected chi connectivity index (χ1v) is 6.19. The zero-order valence-electron chi connectivity index (χ0n) is 11.1. The quantitative estimate of drug-likeness (QED) is 0.355. The Morgan fingerprint density at radius 1 is 1.47 bits per heavy atom. The predicted octanol–water partition coefficient (Wildman–Crippen LogP) is 2.66. The molecule has 0 spiro atoms. The summed E-state index contributed by atoms with van der Waals surface area (Å²) in [5.41, 5.74) is 1.41. The van der Waals surface area contributed by atoms with E-state index in [1.54, 1.807) is 26.0 Å². The molecular weight excluding hydrogens is 248 g/mol. The molecule has 0 atom stereocenters. The fourth-order valence-corrected chi connectivity index (χ4v) is 1.70. The lowest BCUT2D eigenvalue weighted by molar-refractivity contribution is -0.385. The zero-order valence-corrected chi connectivity index (χ0v) is 11.1. The molecule has 0 heterocycles. The Bertz CT molecular complexity index is 460. The minimum absolute atomic E-state index is 0.0930. The molecule has 0 aromatic heterocycles. The van der Waals surface area contributed by atoms with Crippen LogP contribution in [0, 0.1) is 17.0 Å². The number of carbonyl (C=O) groups excluding carboxylic acids is 1. The van der Waals surface area contributed by atoms with Crippen LogP contribution in [-0.2, 0) is 9.53 Å². The Hall–Kier alpha value is -2.11. The number of hydrogen-bond acceptors (Lipinski definition) is 5. The Morgan fingerprint density at radius 3 is 2.84 bits per heavy atom. The number of nitrogens with zero attached hydrogens (tertiary/aromatic N) is 1. The molecule has 104 valence electrons. The second-order valence-electron chi connectivity index (χ2n) is 4.04. The Labute approximate surface area is 111 Å². The Kier molecular flexibility index (Phi) is 5.78. The van der Waals surface area contributed by atoms with Gasteiger partial charge in [-0.1, -0.05) is 6.07 Å². The third kappa shape index (κ3) is 4.57. The summed E-state index contributed by atoms with van der Waals surface area (Å²) in [6.07, 6.45) is 0.968. The molecule has 0 unspecified atom stereocenters. The fourth-order valence-electron chi connectivity index (χ4n) is 1.70. The van der Waals surface area contributed by atoms with Crippen molar-refractivity contribution in [2.45, 2.75) is 26.7 Å². The van der Waals surface area contributed by atoms with Gasteiger partial charge in [-0.05, 0) is 26.3 Å². The second-order valence-corrected chi connectivity index (χ2v) is 4.04. The predicted molar refractivity (Wildman–Crippen MR) is 72.2 cm³/mol. The van der Waals surface area contributed by atoms with Crippen LogP contribution in [0.15, 0.2) is 18.2 Å². The first kappa shape index (κ1) is 14.9. The van der Waals surface area contributed by atoms with Crippen molar-refractivity contribution in [2.24, 2.45) is 0 Å². The van der Waals surface area contributed by atoms with Crippen molar-refractivity contribution in [3.63, 3.8) is 0 Å². The number of esters is 1. The van der Waals surface area contributed by atoms with Crippen molar-refractivity contribution < 1.29 is 14.5 Å². The van der Waals surface area contributed by atoms with Crippen molar-refractivity contribution in [3.05, 3.63) is 33.9 Å². The molecule has 19 heavy (non-hydrogen) atoms. The van der Waals surface area contributed by atoms with Gasteiger partial charge in [0.05, 0.1) is 11.5 Å². The van der Waals surface area contributed by atoms with Crippen molar-refractivity contribution in [3.8, 4) is 0 Å². The van der Waals surface area contributed by atoms with E-state index in [0.29, 0.717) is 31.6 Å². The summed E-state index contributed by atoms with van der Waals surface area (Å²) >= 11 is 0. The van der Waals surface area contributed by atoms with Crippen LogP contribution in [0.25, 0.3) is 0 Å². The van der Waals surface area contributed by atoms with E-state index in [1.165, 1.54) is 6.07 Å². The minimum atomic E-state index is -0.404. The van der Waals surface area contributed by atoms with Gasteiger partial charge in [0.15, 0.2) is 0 Å². The largest absolute Gasteiger partial charge is 0.466 e. The summed E-state index contributed by atoms with van der Waals surface area (Å²) in [6, 6.07) is 4.89. The summed E-state index contributed by atoms with van der Waals surface area (Å²) in [5, 5.41) is 13.9. The number of nitro groups is 1. The van der Waals surface area contributed by atoms with E-state index in [9.17, 15) is 14.9 Å². The first-order valence-electron chi connectivity index (χ1n) is 6.19. The molecule has 1 aromatic carbocycles. The number of benzene rings is 1. The molecule has 1 N–H and O–H groups in total. The fraction of sp³-hybridized carbons (Fsp3) is 0.462. The van der Waals surface area contributed by atoms with Crippen LogP contribution in [0.5, 0.6) is 0 Å². The van der Waals surface area contributed by atoms with Crippen molar-refractivity contribution >= 4 is 17.3 Å². The minimum Gasteiger partial charge on any atom is -0.466 e. The van der Waals surface area contributed by atoms with Crippen LogP contribution in [-0.4, -0.2) is 24.0 Å². The smallest absolute Gasteiger partial charge is 0.305 e. The Balaban J connectivity index is 2.48. The third-order valence-electron chi connectivity index (χ3n) is 2.68. The van der Waals surface area contributed by atoms with Gasteiger partial charge in [0.1, 0.15) is 0 Å². The summed E-state index contributed by atoms with van der Waals surface area (Å²) in [5.74, 6) is -0.222. The van der Waals surface area contributed by atoms with Crippen LogP contribution in [0.1, 0.15) is 25.3 Å². The van der Waals surface area contributed by atoms with E-state index >= 15 is 0 Å². The lowest BCUT2D eigenvalue weighted by Gasteiger charge is -2.09. The summed E-state index contributed by atoms with van der Waals surface area (Å²) in [4.78, 5) is 21.5. The molecule has 0 saturated carbocycles. The molecule has 0 aliphatic heterocycles. The van der Waals surface area contributed by atoms with E-state index in [2.05, 4.69) is 5.32 Å². The average Bonchev–Trinajstić information content (AvgIpc) is 2.36. The molecule has 0 amide bonds. The highest BCUT2D eigenvalue weighted by atomic mass is 16.6. The molecular formula is C13H18N2O4. The van der Waals surface area contributed by atoms with Gasteiger partial charge in [0, 0.05) is 30.3 Å². The normalized spacial score (nSPS) is 10.0. The third-order valence-corrected chi connectivity index (χ3v) is 2.68. The number of anilines is 1. The topological polar surface area (TPSA) is 81.5 Å². The van der Waals surface area contributed by atoms with Crippen LogP contribution in [0.4, 0.5) is 11.4 Å². The van der Waals surface area contributed by atoms with E-state index < -0.39 is 4.92 Å². The molecule has 0 aliphatic rings. The number of hydrogen-bond donors (Lipinski definition) is 1. The number of nitro benzene ring substituents is 1. The van der Waals surface area contributed by atoms with Crippen LogP contribution >= 0.6 is 0 Å². The van der Waals surface area contributed by atoms with Crippen molar-refractivity contribution in [1.29, 1.82) is 0 Å². The highest BCUT2D eigenvalue weighted by Crippen LogP contribution is 2.24. The highest BCUT2D eigenvalue weighted by molar-refractivity contribution is 5.69. The van der Waals surface area contributed by atoms with Gasteiger partial charge in [0.25, 0.3) is 5.69 Å². The average molecular weight is 266 g/mol. The van der Waals surface area contributed by atoms with Gasteiger partial charge in [0.2, 0.25) is 0 Å². The molecule has 0 fully saturated rings. The monoisotopic (exact) mass is 266 g/mol. The summed E-state index contributed by atoms with van der Waals surface area (Å²) in [6.45, 7) is 4.42. The highest BCUT2D eigenvalue weighted by Gasteiger charge is 2.12. The second kappa shape index (κ2) is 7.35. The van der Waals surface area contributed by atoms with E-state index in [4.69, 9.17) is 4.74 Å². The van der Waals surface area contributed by atoms with Crippen LogP contribution in [0.3, 0.4) is 0 Å². The van der Waals surface area contributed by atoms with E-state index in [-0.39, 0.29) is 11.7 Å². The molecule has 0 radical (unpaired) electrons. The number of carbonyl (C=O) groups is 1. The lowest BCUT2D eigenvalue weighted by Crippen LogP contribution is -2.09. The SMILES string of the molecule is CCOC(=O)CCCNc1cccc([N+](=O)[O-])c1C. The first-order chi connectivity index (χ1) is 9.06.